The van der Waals surface area contributed by atoms with E-state index >= 15 is 0 Å². The molecule has 0 aromatic carbocycles. The van der Waals surface area contributed by atoms with Gasteiger partial charge < -0.3 is 14.2 Å². The molecule has 1 aliphatic rings. The van der Waals surface area contributed by atoms with Gasteiger partial charge in [-0.25, -0.2) is 0 Å². The summed E-state index contributed by atoms with van der Waals surface area (Å²) >= 11 is 6.10. The average Bonchev–Trinajstić information content (AvgIpc) is 2.86. The summed E-state index contributed by atoms with van der Waals surface area (Å²) in [7, 11) is 4.51. The second kappa shape index (κ2) is 3.96. The zero-order valence-corrected chi connectivity index (χ0v) is 9.14. The Hall–Kier alpha value is -0.0900. The van der Waals surface area contributed by atoms with E-state index in [1.54, 1.807) is 0 Å². The zero-order chi connectivity index (χ0) is 10.1. The highest BCUT2D eigenvalue weighted by Crippen LogP contribution is 2.45. The first-order valence-electron chi connectivity index (χ1n) is 4.15. The molecule has 0 heterocycles. The Labute approximate surface area is 83.6 Å². The van der Waals surface area contributed by atoms with Gasteiger partial charge in [0.05, 0.1) is 0 Å². The maximum Gasteiger partial charge on any atom is 0.322 e. The Morgan fingerprint density at radius 2 is 1.69 bits per heavy atom. The van der Waals surface area contributed by atoms with Crippen molar-refractivity contribution in [2.45, 2.75) is 19.3 Å². The first kappa shape index (κ1) is 11.0. The molecule has 0 bridgehead atoms. The molecule has 3 nitrogen and oxygen atoms in total. The summed E-state index contributed by atoms with van der Waals surface area (Å²) in [6.07, 6.45) is 0.997. The monoisotopic (exact) mass is 206 g/mol. The highest BCUT2D eigenvalue weighted by molar-refractivity contribution is 6.31. The average molecular weight is 207 g/mol. The summed E-state index contributed by atoms with van der Waals surface area (Å²) in [5.74, 6) is -0.686. The molecule has 0 aliphatic heterocycles. The maximum absolute atomic E-state index is 6.10. The van der Waals surface area contributed by atoms with Crippen LogP contribution in [0.25, 0.3) is 0 Å². The summed E-state index contributed by atoms with van der Waals surface area (Å²) in [6, 6.07) is 0. The fraction of sp³-hybridized carbons (Fsp3) is 0.778. The normalized spacial score (nSPS) is 26.1. The molecule has 13 heavy (non-hydrogen) atoms. The molecule has 0 saturated heterocycles. The number of ether oxygens (including phenoxy) is 3. The van der Waals surface area contributed by atoms with E-state index in [1.165, 1.54) is 21.3 Å². The van der Waals surface area contributed by atoms with Gasteiger partial charge in [-0.2, -0.15) is 0 Å². The topological polar surface area (TPSA) is 27.7 Å². The molecule has 0 N–H and O–H groups in total. The predicted octanol–water partition coefficient (Wildman–Crippen LogP) is 2.11. The van der Waals surface area contributed by atoms with E-state index < -0.39 is 5.97 Å². The van der Waals surface area contributed by atoms with E-state index in [4.69, 9.17) is 25.8 Å². The van der Waals surface area contributed by atoms with Crippen LogP contribution in [0.2, 0.25) is 0 Å². The maximum atomic E-state index is 6.10. The van der Waals surface area contributed by atoms with Gasteiger partial charge in [-0.3, -0.25) is 0 Å². The molecule has 4 heteroatoms. The van der Waals surface area contributed by atoms with Gasteiger partial charge in [0.15, 0.2) is 0 Å². The van der Waals surface area contributed by atoms with Gasteiger partial charge in [0.2, 0.25) is 0 Å². The molecular formula is C9H15ClO3. The largest absolute Gasteiger partial charge is 0.326 e. The molecule has 0 aromatic rings. The molecule has 0 spiro atoms. The number of halogens is 1. The zero-order valence-electron chi connectivity index (χ0n) is 8.39. The SMILES string of the molecule is COC(OC)(OC)C(Cl)=C1CC1C. The Morgan fingerprint density at radius 1 is 1.31 bits per heavy atom. The van der Waals surface area contributed by atoms with Gasteiger partial charge in [-0.15, -0.1) is 0 Å². The molecular weight excluding hydrogens is 192 g/mol. The molecule has 1 aliphatic carbocycles. The number of hydrogen-bond acceptors (Lipinski definition) is 3. The van der Waals surface area contributed by atoms with Crippen molar-refractivity contribution in [1.29, 1.82) is 0 Å². The third kappa shape index (κ3) is 1.89. The number of methoxy groups -OCH3 is 3. The molecule has 0 radical (unpaired) electrons. The van der Waals surface area contributed by atoms with Crippen molar-refractivity contribution >= 4 is 11.6 Å². The van der Waals surface area contributed by atoms with Gasteiger partial charge in [0.1, 0.15) is 5.03 Å². The number of allylic oxidation sites excluding steroid dienone is 1. The van der Waals surface area contributed by atoms with Crippen molar-refractivity contribution in [3.8, 4) is 0 Å². The minimum absolute atomic E-state index is 0.521. The van der Waals surface area contributed by atoms with E-state index in [0.29, 0.717) is 11.0 Å². The standard InChI is InChI=1S/C9H15ClO3/c1-6-5-7(6)8(10)9(11-2,12-3)13-4/h6H,5H2,1-4H3. The Bertz CT molecular complexity index is 213. The van der Waals surface area contributed by atoms with Crippen LogP contribution in [-0.4, -0.2) is 27.3 Å². The van der Waals surface area contributed by atoms with Crippen LogP contribution in [0.4, 0.5) is 0 Å². The van der Waals surface area contributed by atoms with E-state index in [1.807, 2.05) is 0 Å². The molecule has 1 unspecified atom stereocenters. The molecule has 1 fully saturated rings. The van der Waals surface area contributed by atoms with Crippen LogP contribution < -0.4 is 0 Å². The highest BCUT2D eigenvalue weighted by atomic mass is 35.5. The third-order valence-electron chi connectivity index (χ3n) is 2.32. The van der Waals surface area contributed by atoms with Crippen LogP contribution in [0.15, 0.2) is 10.6 Å². The van der Waals surface area contributed by atoms with Crippen LogP contribution in [0, 0.1) is 5.92 Å². The van der Waals surface area contributed by atoms with Crippen LogP contribution in [-0.2, 0) is 14.2 Å². The molecule has 0 aromatic heterocycles. The van der Waals surface area contributed by atoms with Crippen LogP contribution >= 0.6 is 11.6 Å². The first-order valence-corrected chi connectivity index (χ1v) is 4.53. The van der Waals surface area contributed by atoms with E-state index in [9.17, 15) is 0 Å². The smallest absolute Gasteiger partial charge is 0.322 e. The lowest BCUT2D eigenvalue weighted by Gasteiger charge is -2.27. The molecule has 0 amide bonds. The van der Waals surface area contributed by atoms with Crippen molar-refractivity contribution in [2.75, 3.05) is 21.3 Å². The fourth-order valence-corrected chi connectivity index (χ4v) is 1.79. The minimum Gasteiger partial charge on any atom is -0.326 e. The summed E-state index contributed by atoms with van der Waals surface area (Å²) < 4.78 is 15.3. The summed E-state index contributed by atoms with van der Waals surface area (Å²) in [5.41, 5.74) is 1.15. The molecule has 1 atom stereocenters. The van der Waals surface area contributed by atoms with Crippen molar-refractivity contribution in [3.05, 3.63) is 10.6 Å². The first-order chi connectivity index (χ1) is 6.11. The lowest BCUT2D eigenvalue weighted by atomic mass is 10.3. The van der Waals surface area contributed by atoms with Gasteiger partial charge in [-0.05, 0) is 17.9 Å². The number of hydrogen-bond donors (Lipinski definition) is 0. The van der Waals surface area contributed by atoms with Gasteiger partial charge >= 0.3 is 5.97 Å². The van der Waals surface area contributed by atoms with E-state index in [-0.39, 0.29) is 0 Å². The molecule has 1 rings (SSSR count). The molecule has 1 saturated carbocycles. The van der Waals surface area contributed by atoms with Crippen molar-refractivity contribution in [3.63, 3.8) is 0 Å². The van der Waals surface area contributed by atoms with Crippen molar-refractivity contribution in [1.82, 2.24) is 0 Å². The third-order valence-corrected chi connectivity index (χ3v) is 2.79. The Kier molecular flexibility index (Phi) is 3.35. The van der Waals surface area contributed by atoms with Gasteiger partial charge in [0, 0.05) is 21.3 Å². The van der Waals surface area contributed by atoms with Crippen LogP contribution in [0.3, 0.4) is 0 Å². The molecule has 76 valence electrons. The van der Waals surface area contributed by atoms with E-state index in [2.05, 4.69) is 6.92 Å². The van der Waals surface area contributed by atoms with Gasteiger partial charge in [0.25, 0.3) is 0 Å². The lowest BCUT2D eigenvalue weighted by Crippen LogP contribution is -2.36. The quantitative estimate of drug-likeness (QED) is 0.660. The fourth-order valence-electron chi connectivity index (χ4n) is 1.29. The summed E-state index contributed by atoms with van der Waals surface area (Å²) in [5, 5.41) is 0.521. The van der Waals surface area contributed by atoms with E-state index in [0.717, 1.165) is 12.0 Å². The summed E-state index contributed by atoms with van der Waals surface area (Å²) in [4.78, 5) is 0. The highest BCUT2D eigenvalue weighted by Gasteiger charge is 2.41. The number of rotatable bonds is 4. The minimum atomic E-state index is -1.21. The lowest BCUT2D eigenvalue weighted by molar-refractivity contribution is -0.322. The second-order valence-corrected chi connectivity index (χ2v) is 3.49. The van der Waals surface area contributed by atoms with Crippen LogP contribution in [0.5, 0.6) is 0 Å². The van der Waals surface area contributed by atoms with Gasteiger partial charge in [-0.1, -0.05) is 18.5 Å². The van der Waals surface area contributed by atoms with Crippen molar-refractivity contribution < 1.29 is 14.2 Å². The second-order valence-electron chi connectivity index (χ2n) is 3.11. The Balaban J connectivity index is 2.88. The Morgan fingerprint density at radius 3 is 1.92 bits per heavy atom. The summed E-state index contributed by atoms with van der Waals surface area (Å²) in [6.45, 7) is 2.10. The predicted molar refractivity (Wildman–Crippen MR) is 50.4 cm³/mol. The van der Waals surface area contributed by atoms with Crippen LogP contribution in [0.1, 0.15) is 13.3 Å². The van der Waals surface area contributed by atoms with Crippen molar-refractivity contribution in [2.24, 2.45) is 5.92 Å².